The highest BCUT2D eigenvalue weighted by atomic mass is 19.1. The number of amides is 1. The molecule has 1 fully saturated rings. The molecule has 3 heterocycles. The van der Waals surface area contributed by atoms with Gasteiger partial charge in [0, 0.05) is 37.1 Å². The second-order valence-corrected chi connectivity index (χ2v) is 9.53. The summed E-state index contributed by atoms with van der Waals surface area (Å²) < 4.78 is 24.6. The van der Waals surface area contributed by atoms with E-state index in [-0.39, 0.29) is 18.4 Å². The van der Waals surface area contributed by atoms with Crippen LogP contribution < -0.4 is 14.8 Å². The van der Waals surface area contributed by atoms with Crippen LogP contribution in [-0.2, 0) is 11.2 Å². The minimum atomic E-state index is -0.648. The van der Waals surface area contributed by atoms with E-state index in [0.717, 1.165) is 48.3 Å². The Morgan fingerprint density at radius 1 is 1.17 bits per heavy atom. The summed E-state index contributed by atoms with van der Waals surface area (Å²) in [4.78, 5) is 24.3. The third kappa shape index (κ3) is 6.91. The van der Waals surface area contributed by atoms with Crippen LogP contribution in [0.15, 0.2) is 42.5 Å². The molecular weight excluding hydrogens is 459 g/mol. The molecule has 4 rings (SSSR count). The number of pyridine rings is 2. The number of benzene rings is 1. The molecule has 2 aromatic heterocycles. The van der Waals surface area contributed by atoms with Crippen molar-refractivity contribution in [2.75, 3.05) is 33.4 Å². The van der Waals surface area contributed by atoms with E-state index >= 15 is 0 Å². The minimum Gasteiger partial charge on any atom is -0.494 e. The Balaban J connectivity index is 1.52. The standard InChI is InChI=1S/C28H35FN4O3/c1-19(2)30-26(34)18-21-16-20-17-23(36-15-5-12-33-13-10-22(29)11-14-33)8-9-24(20)32-28(21)25-6-4-7-27(31-25)35-3/h4,6-9,16-17,19,22H,5,10-15,18H2,1-3H3,(H,30,34). The molecule has 0 atom stereocenters. The minimum absolute atomic E-state index is 0.0487. The van der Waals surface area contributed by atoms with E-state index in [0.29, 0.717) is 36.7 Å². The lowest BCUT2D eigenvalue weighted by molar-refractivity contribution is -0.120. The fourth-order valence-electron chi connectivity index (χ4n) is 4.45. The normalized spacial score (nSPS) is 14.8. The summed E-state index contributed by atoms with van der Waals surface area (Å²) >= 11 is 0. The second-order valence-electron chi connectivity index (χ2n) is 9.53. The molecule has 1 aliphatic heterocycles. The average molecular weight is 495 g/mol. The quantitative estimate of drug-likeness (QED) is 0.416. The fraction of sp³-hybridized carbons (Fsp3) is 0.464. The van der Waals surface area contributed by atoms with Gasteiger partial charge in [-0.25, -0.2) is 14.4 Å². The van der Waals surface area contributed by atoms with E-state index in [2.05, 4.69) is 15.2 Å². The number of hydrogen-bond acceptors (Lipinski definition) is 6. The van der Waals surface area contributed by atoms with Gasteiger partial charge in [-0.3, -0.25) is 4.79 Å². The highest BCUT2D eigenvalue weighted by Crippen LogP contribution is 2.28. The number of likely N-dealkylation sites (tertiary alicyclic amines) is 1. The molecule has 0 spiro atoms. The van der Waals surface area contributed by atoms with Crippen LogP contribution in [-0.4, -0.2) is 66.3 Å². The largest absolute Gasteiger partial charge is 0.494 e. The van der Waals surface area contributed by atoms with Gasteiger partial charge in [0.05, 0.1) is 37.0 Å². The van der Waals surface area contributed by atoms with Crippen LogP contribution in [0.5, 0.6) is 11.6 Å². The molecule has 1 amide bonds. The number of nitrogens with zero attached hydrogens (tertiary/aromatic N) is 3. The van der Waals surface area contributed by atoms with Crippen LogP contribution in [0, 0.1) is 0 Å². The molecule has 3 aromatic rings. The number of piperidine rings is 1. The van der Waals surface area contributed by atoms with E-state index in [9.17, 15) is 9.18 Å². The van der Waals surface area contributed by atoms with Crippen molar-refractivity contribution in [3.63, 3.8) is 0 Å². The van der Waals surface area contributed by atoms with E-state index in [1.807, 2.05) is 50.2 Å². The number of carbonyl (C=O) groups is 1. The van der Waals surface area contributed by atoms with Crippen LogP contribution in [0.25, 0.3) is 22.3 Å². The summed E-state index contributed by atoms with van der Waals surface area (Å²) in [7, 11) is 1.57. The topological polar surface area (TPSA) is 76.6 Å². The van der Waals surface area contributed by atoms with Gasteiger partial charge in [0.2, 0.25) is 11.8 Å². The van der Waals surface area contributed by atoms with Gasteiger partial charge >= 0.3 is 0 Å². The number of rotatable bonds is 10. The lowest BCUT2D eigenvalue weighted by Gasteiger charge is -2.28. The first-order chi connectivity index (χ1) is 17.4. The summed E-state index contributed by atoms with van der Waals surface area (Å²) in [5.41, 5.74) is 2.89. The Labute approximate surface area is 212 Å². The number of nitrogens with one attached hydrogen (secondary N) is 1. The summed E-state index contributed by atoms with van der Waals surface area (Å²) in [6.07, 6.45) is 1.68. The van der Waals surface area contributed by atoms with Gasteiger partial charge in [0.25, 0.3) is 0 Å². The molecular formula is C28H35FN4O3. The van der Waals surface area contributed by atoms with E-state index in [1.165, 1.54) is 0 Å². The van der Waals surface area contributed by atoms with E-state index < -0.39 is 6.17 Å². The summed E-state index contributed by atoms with van der Waals surface area (Å²) in [6.45, 7) is 7.01. The van der Waals surface area contributed by atoms with Crippen LogP contribution >= 0.6 is 0 Å². The SMILES string of the molecule is COc1cccc(-c2nc3ccc(OCCCN4CCC(F)CC4)cc3cc2CC(=O)NC(C)C)n1. The van der Waals surface area contributed by atoms with Gasteiger partial charge in [-0.15, -0.1) is 0 Å². The molecule has 1 saturated heterocycles. The van der Waals surface area contributed by atoms with Crippen molar-refractivity contribution in [3.8, 4) is 23.0 Å². The first kappa shape index (κ1) is 25.8. The molecule has 1 aliphatic rings. The number of aromatic nitrogens is 2. The molecule has 1 N–H and O–H groups in total. The lowest BCUT2D eigenvalue weighted by atomic mass is 10.0. The van der Waals surface area contributed by atoms with Crippen molar-refractivity contribution < 1.29 is 18.7 Å². The Hall–Kier alpha value is -3.26. The zero-order valence-corrected chi connectivity index (χ0v) is 21.3. The van der Waals surface area contributed by atoms with Crippen LogP contribution in [0.4, 0.5) is 4.39 Å². The lowest BCUT2D eigenvalue weighted by Crippen LogP contribution is -2.35. The molecule has 0 bridgehead atoms. The monoisotopic (exact) mass is 494 g/mol. The maximum absolute atomic E-state index is 13.3. The highest BCUT2D eigenvalue weighted by molar-refractivity contribution is 5.87. The van der Waals surface area contributed by atoms with Crippen LogP contribution in [0.3, 0.4) is 0 Å². The molecule has 0 aliphatic carbocycles. The van der Waals surface area contributed by atoms with Gasteiger partial charge in [-0.05, 0) is 69.0 Å². The van der Waals surface area contributed by atoms with Crippen molar-refractivity contribution >= 4 is 16.8 Å². The average Bonchev–Trinajstić information content (AvgIpc) is 2.86. The number of halogens is 1. The van der Waals surface area contributed by atoms with Crippen molar-refractivity contribution in [3.05, 3.63) is 48.0 Å². The predicted molar refractivity (Wildman–Crippen MR) is 139 cm³/mol. The zero-order valence-electron chi connectivity index (χ0n) is 21.3. The molecule has 36 heavy (non-hydrogen) atoms. The van der Waals surface area contributed by atoms with Crippen molar-refractivity contribution in [2.45, 2.75) is 51.7 Å². The third-order valence-corrected chi connectivity index (χ3v) is 6.25. The van der Waals surface area contributed by atoms with Crippen molar-refractivity contribution in [2.24, 2.45) is 0 Å². The van der Waals surface area contributed by atoms with Crippen LogP contribution in [0.1, 0.15) is 38.7 Å². The maximum Gasteiger partial charge on any atom is 0.224 e. The second kappa shape index (κ2) is 12.1. The summed E-state index contributed by atoms with van der Waals surface area (Å²) in [6, 6.07) is 13.4. The number of hydrogen-bond donors (Lipinski definition) is 1. The summed E-state index contributed by atoms with van der Waals surface area (Å²) in [5, 5.41) is 3.85. The van der Waals surface area contributed by atoms with Crippen LogP contribution in [0.2, 0.25) is 0 Å². The molecule has 7 nitrogen and oxygen atoms in total. The zero-order chi connectivity index (χ0) is 25.5. The molecule has 192 valence electrons. The molecule has 0 radical (unpaired) electrons. The van der Waals surface area contributed by atoms with E-state index in [1.54, 1.807) is 13.2 Å². The molecule has 0 unspecified atom stereocenters. The van der Waals surface area contributed by atoms with Gasteiger partial charge in [0.15, 0.2) is 0 Å². The Kier molecular flexibility index (Phi) is 8.70. The van der Waals surface area contributed by atoms with Gasteiger partial charge in [0.1, 0.15) is 11.9 Å². The highest BCUT2D eigenvalue weighted by Gasteiger charge is 2.18. The maximum atomic E-state index is 13.3. The van der Waals surface area contributed by atoms with Gasteiger partial charge < -0.3 is 19.7 Å². The van der Waals surface area contributed by atoms with Crippen molar-refractivity contribution in [1.82, 2.24) is 20.2 Å². The number of carbonyl (C=O) groups excluding carboxylic acids is 1. The number of alkyl halides is 1. The van der Waals surface area contributed by atoms with E-state index in [4.69, 9.17) is 14.5 Å². The first-order valence-corrected chi connectivity index (χ1v) is 12.6. The van der Waals surface area contributed by atoms with Crippen molar-refractivity contribution in [1.29, 1.82) is 0 Å². The Morgan fingerprint density at radius 3 is 2.72 bits per heavy atom. The smallest absolute Gasteiger partial charge is 0.224 e. The molecule has 0 saturated carbocycles. The number of fused-ring (bicyclic) bond motifs is 1. The first-order valence-electron chi connectivity index (χ1n) is 12.6. The Morgan fingerprint density at radius 2 is 1.97 bits per heavy atom. The van der Waals surface area contributed by atoms with Gasteiger partial charge in [-0.2, -0.15) is 0 Å². The third-order valence-electron chi connectivity index (χ3n) is 6.25. The number of ether oxygens (including phenoxy) is 2. The predicted octanol–water partition coefficient (Wildman–Crippen LogP) is 4.58. The fourth-order valence-corrected chi connectivity index (χ4v) is 4.45. The number of methoxy groups -OCH3 is 1. The van der Waals surface area contributed by atoms with Gasteiger partial charge in [-0.1, -0.05) is 6.07 Å². The molecule has 1 aromatic carbocycles. The molecule has 8 heteroatoms. The Bertz CT molecular complexity index is 1180. The summed E-state index contributed by atoms with van der Waals surface area (Å²) in [5.74, 6) is 1.18.